The van der Waals surface area contributed by atoms with Gasteiger partial charge in [0.25, 0.3) is 0 Å². The number of nitrogens with zero attached hydrogens (tertiary/aromatic N) is 1. The molecule has 2 aromatic carbocycles. The molecule has 0 unspecified atom stereocenters. The Hall–Kier alpha value is -2.44. The van der Waals surface area contributed by atoms with Crippen molar-refractivity contribution in [3.05, 3.63) is 78.1 Å². The minimum atomic E-state index is -0.402. The Kier molecular flexibility index (Phi) is 6.51. The van der Waals surface area contributed by atoms with Crippen molar-refractivity contribution < 1.29 is 18.5 Å². The standard InChI is InChI=1S/C28H35BFNO3/c1-7-16-28(22-10-14-24(30)15-11-22)17-18-31(25(32)19-28)20(2)21-8-12-23(13-9-21)29-33-26(3,4)27(5,6)34-29/h7-15,20H,1,16-19H2,2-6H3/t20-,28-/m0/s1. The third-order valence-electron chi connectivity index (χ3n) is 8.04. The number of piperidine rings is 1. The summed E-state index contributed by atoms with van der Waals surface area (Å²) in [5, 5.41) is 0. The zero-order chi connectivity index (χ0) is 24.7. The smallest absolute Gasteiger partial charge is 0.399 e. The average molecular weight is 463 g/mol. The second-order valence-electron chi connectivity index (χ2n) is 10.7. The molecule has 1 amide bonds. The summed E-state index contributed by atoms with van der Waals surface area (Å²) in [7, 11) is -0.402. The van der Waals surface area contributed by atoms with E-state index in [-0.39, 0.29) is 34.4 Å². The van der Waals surface area contributed by atoms with E-state index in [2.05, 4.69) is 25.6 Å². The summed E-state index contributed by atoms with van der Waals surface area (Å²) in [6, 6.07) is 14.7. The van der Waals surface area contributed by atoms with Gasteiger partial charge in [0.2, 0.25) is 5.91 Å². The van der Waals surface area contributed by atoms with Crippen molar-refractivity contribution in [3.63, 3.8) is 0 Å². The molecular weight excluding hydrogens is 428 g/mol. The van der Waals surface area contributed by atoms with E-state index in [0.29, 0.717) is 19.4 Å². The molecule has 2 aliphatic rings. The third kappa shape index (κ3) is 4.46. The van der Waals surface area contributed by atoms with E-state index in [1.807, 2.05) is 50.8 Å². The number of likely N-dealkylation sites (tertiary alicyclic amines) is 1. The highest BCUT2D eigenvalue weighted by atomic mass is 19.1. The average Bonchev–Trinajstić information content (AvgIpc) is 3.01. The Balaban J connectivity index is 1.48. The van der Waals surface area contributed by atoms with Crippen LogP contribution in [0.4, 0.5) is 4.39 Å². The summed E-state index contributed by atoms with van der Waals surface area (Å²) in [6.07, 6.45) is 3.76. The van der Waals surface area contributed by atoms with Crippen LogP contribution in [-0.2, 0) is 19.5 Å². The SMILES string of the molecule is C=CC[C@]1(c2ccc(F)cc2)CCN([C@@H](C)c2ccc(B3OC(C)(C)C(C)(C)O3)cc2)C(=O)C1. The third-order valence-corrected chi connectivity index (χ3v) is 8.04. The largest absolute Gasteiger partial charge is 0.494 e. The summed E-state index contributed by atoms with van der Waals surface area (Å²) in [5.74, 6) is -0.154. The number of hydrogen-bond acceptors (Lipinski definition) is 3. The van der Waals surface area contributed by atoms with Crippen LogP contribution in [0.5, 0.6) is 0 Å². The molecule has 0 bridgehead atoms. The molecule has 2 heterocycles. The van der Waals surface area contributed by atoms with Crippen molar-refractivity contribution in [1.29, 1.82) is 0 Å². The normalized spacial score (nSPS) is 24.8. The molecule has 0 spiro atoms. The van der Waals surface area contributed by atoms with E-state index >= 15 is 0 Å². The van der Waals surface area contributed by atoms with Gasteiger partial charge in [-0.3, -0.25) is 4.79 Å². The fourth-order valence-corrected chi connectivity index (χ4v) is 5.06. The van der Waals surface area contributed by atoms with Gasteiger partial charge in [0.15, 0.2) is 0 Å². The minimum Gasteiger partial charge on any atom is -0.399 e. The lowest BCUT2D eigenvalue weighted by Gasteiger charge is -2.43. The van der Waals surface area contributed by atoms with E-state index in [9.17, 15) is 9.18 Å². The Morgan fingerprint density at radius 1 is 1.06 bits per heavy atom. The number of carbonyl (C=O) groups is 1. The van der Waals surface area contributed by atoms with E-state index in [1.165, 1.54) is 12.1 Å². The Labute approximate surface area is 203 Å². The maximum absolute atomic E-state index is 13.5. The van der Waals surface area contributed by atoms with Crippen LogP contribution in [0.1, 0.15) is 71.0 Å². The summed E-state index contributed by atoms with van der Waals surface area (Å²) in [6.45, 7) is 14.8. The molecule has 2 saturated heterocycles. The second kappa shape index (κ2) is 8.97. The first-order valence-corrected chi connectivity index (χ1v) is 12.1. The minimum absolute atomic E-state index is 0.0465. The van der Waals surface area contributed by atoms with Gasteiger partial charge >= 0.3 is 7.12 Å². The summed E-state index contributed by atoms with van der Waals surface area (Å²) < 4.78 is 25.8. The van der Waals surface area contributed by atoms with Gasteiger partial charge < -0.3 is 14.2 Å². The van der Waals surface area contributed by atoms with Gasteiger partial charge in [0.05, 0.1) is 17.2 Å². The molecule has 2 fully saturated rings. The van der Waals surface area contributed by atoms with Crippen LogP contribution in [0.3, 0.4) is 0 Å². The van der Waals surface area contributed by atoms with Crippen LogP contribution in [0.2, 0.25) is 0 Å². The molecule has 4 rings (SSSR count). The first kappa shape index (κ1) is 24.7. The predicted octanol–water partition coefficient (Wildman–Crippen LogP) is 5.32. The van der Waals surface area contributed by atoms with Crippen molar-refractivity contribution in [2.45, 2.75) is 76.5 Å². The molecule has 0 aliphatic carbocycles. The fourth-order valence-electron chi connectivity index (χ4n) is 5.06. The number of carbonyl (C=O) groups excluding carboxylic acids is 1. The van der Waals surface area contributed by atoms with Crippen LogP contribution < -0.4 is 5.46 Å². The van der Waals surface area contributed by atoms with Gasteiger partial charge in [0, 0.05) is 18.4 Å². The van der Waals surface area contributed by atoms with Crippen LogP contribution >= 0.6 is 0 Å². The lowest BCUT2D eigenvalue weighted by atomic mass is 9.70. The maximum Gasteiger partial charge on any atom is 0.494 e. The highest BCUT2D eigenvalue weighted by Crippen LogP contribution is 2.41. The number of benzene rings is 2. The molecule has 0 saturated carbocycles. The lowest BCUT2D eigenvalue weighted by Crippen LogP contribution is -2.47. The van der Waals surface area contributed by atoms with Crippen molar-refractivity contribution in [3.8, 4) is 0 Å². The van der Waals surface area contributed by atoms with E-state index in [4.69, 9.17) is 9.31 Å². The van der Waals surface area contributed by atoms with Gasteiger partial charge in [0.1, 0.15) is 5.82 Å². The summed E-state index contributed by atoms with van der Waals surface area (Å²) in [5.41, 5.74) is 1.95. The number of allylic oxidation sites excluding steroid dienone is 1. The first-order valence-electron chi connectivity index (χ1n) is 12.1. The van der Waals surface area contributed by atoms with Crippen LogP contribution in [-0.4, -0.2) is 35.7 Å². The van der Waals surface area contributed by atoms with Gasteiger partial charge in [-0.25, -0.2) is 4.39 Å². The lowest BCUT2D eigenvalue weighted by molar-refractivity contribution is -0.138. The Morgan fingerprint density at radius 2 is 1.65 bits per heavy atom. The van der Waals surface area contributed by atoms with Crippen molar-refractivity contribution >= 4 is 18.5 Å². The molecule has 34 heavy (non-hydrogen) atoms. The molecule has 2 aliphatic heterocycles. The van der Waals surface area contributed by atoms with Gasteiger partial charge in [-0.2, -0.15) is 0 Å². The van der Waals surface area contributed by atoms with Crippen LogP contribution in [0.25, 0.3) is 0 Å². The maximum atomic E-state index is 13.5. The number of hydrogen-bond donors (Lipinski definition) is 0. The topological polar surface area (TPSA) is 38.8 Å². The zero-order valence-electron chi connectivity index (χ0n) is 20.9. The molecule has 4 nitrogen and oxygen atoms in total. The summed E-state index contributed by atoms with van der Waals surface area (Å²) in [4.78, 5) is 15.3. The fraction of sp³-hybridized carbons (Fsp3) is 0.464. The molecule has 0 N–H and O–H groups in total. The highest BCUT2D eigenvalue weighted by Gasteiger charge is 2.51. The highest BCUT2D eigenvalue weighted by molar-refractivity contribution is 6.62. The van der Waals surface area contributed by atoms with E-state index < -0.39 is 7.12 Å². The Bertz CT molecular complexity index is 1030. The zero-order valence-corrected chi connectivity index (χ0v) is 20.9. The van der Waals surface area contributed by atoms with E-state index in [0.717, 1.165) is 23.0 Å². The van der Waals surface area contributed by atoms with E-state index in [1.54, 1.807) is 12.1 Å². The molecule has 0 radical (unpaired) electrons. The molecule has 2 aromatic rings. The van der Waals surface area contributed by atoms with Crippen molar-refractivity contribution in [1.82, 2.24) is 4.90 Å². The monoisotopic (exact) mass is 463 g/mol. The van der Waals surface area contributed by atoms with Crippen LogP contribution in [0.15, 0.2) is 61.2 Å². The molecule has 180 valence electrons. The second-order valence-corrected chi connectivity index (χ2v) is 10.7. The number of amides is 1. The molecular formula is C28H35BFNO3. The van der Waals surface area contributed by atoms with Gasteiger partial charge in [-0.1, -0.05) is 42.5 Å². The van der Waals surface area contributed by atoms with Crippen molar-refractivity contribution in [2.24, 2.45) is 0 Å². The molecule has 6 heteroatoms. The van der Waals surface area contributed by atoms with Crippen molar-refractivity contribution in [2.75, 3.05) is 6.54 Å². The van der Waals surface area contributed by atoms with Gasteiger partial charge in [-0.05, 0) is 76.2 Å². The molecule has 2 atom stereocenters. The quantitative estimate of drug-likeness (QED) is 0.430. The number of rotatable bonds is 6. The first-order chi connectivity index (χ1) is 16.0. The Morgan fingerprint density at radius 3 is 2.18 bits per heavy atom. The summed E-state index contributed by atoms with van der Waals surface area (Å²) >= 11 is 0. The molecule has 0 aromatic heterocycles. The predicted molar refractivity (Wildman–Crippen MR) is 134 cm³/mol. The number of halogens is 1. The van der Waals surface area contributed by atoms with Crippen LogP contribution in [0, 0.1) is 5.82 Å². The van der Waals surface area contributed by atoms with Gasteiger partial charge in [-0.15, -0.1) is 6.58 Å².